The number of carboxylic acid groups (broad SMARTS) is 1. The van der Waals surface area contributed by atoms with E-state index in [2.05, 4.69) is 5.32 Å². The van der Waals surface area contributed by atoms with E-state index in [4.69, 9.17) is 0 Å². The summed E-state index contributed by atoms with van der Waals surface area (Å²) in [5.41, 5.74) is -0.620. The maximum Gasteiger partial charge on any atom is 0.326 e. The molecule has 0 aromatic rings. The highest BCUT2D eigenvalue weighted by atomic mass is 32.2. The summed E-state index contributed by atoms with van der Waals surface area (Å²) in [4.78, 5) is 23.6. The maximum absolute atomic E-state index is 12.3. The topological polar surface area (TPSA) is 104 Å². The molecule has 1 fully saturated rings. The lowest BCUT2D eigenvalue weighted by molar-refractivity contribution is -0.145. The Morgan fingerprint density at radius 2 is 1.95 bits per heavy atom. The summed E-state index contributed by atoms with van der Waals surface area (Å²) < 4.78 is 25.2. The van der Waals surface area contributed by atoms with Crippen LogP contribution in [-0.2, 0) is 19.6 Å². The van der Waals surface area contributed by atoms with Crippen LogP contribution < -0.4 is 5.32 Å². The van der Waals surface area contributed by atoms with Gasteiger partial charge in [0.2, 0.25) is 15.9 Å². The van der Waals surface area contributed by atoms with Crippen LogP contribution in [0.3, 0.4) is 0 Å². The van der Waals surface area contributed by atoms with Crippen molar-refractivity contribution in [1.82, 2.24) is 9.62 Å². The van der Waals surface area contributed by atoms with Gasteiger partial charge in [-0.1, -0.05) is 20.8 Å². The van der Waals surface area contributed by atoms with Gasteiger partial charge in [0.25, 0.3) is 0 Å². The van der Waals surface area contributed by atoms with Crippen molar-refractivity contribution in [3.05, 3.63) is 0 Å². The molecule has 2 atom stereocenters. The van der Waals surface area contributed by atoms with Crippen molar-refractivity contribution in [3.63, 3.8) is 0 Å². The number of aliphatic carboxylic acids is 1. The molecular formula is C14H26N2O5S. The molecule has 1 aliphatic rings. The van der Waals surface area contributed by atoms with Crippen molar-refractivity contribution in [2.45, 2.75) is 46.6 Å². The fourth-order valence-electron chi connectivity index (χ4n) is 2.50. The standard InChI is InChI=1S/C14H26N2O5S/c1-5-22(20,21)16-8-6-7-10(9-16)12(17)15-11(13(18)19)14(2,3)4/h10-11H,5-9H2,1-4H3,(H,15,17)(H,18,19)/t10-,11+/m1/s1. The van der Waals surface area contributed by atoms with E-state index in [1.165, 1.54) is 4.31 Å². The second-order valence-electron chi connectivity index (χ2n) is 6.74. The number of carbonyl (C=O) groups excluding carboxylic acids is 1. The van der Waals surface area contributed by atoms with Crippen molar-refractivity contribution in [2.75, 3.05) is 18.8 Å². The van der Waals surface area contributed by atoms with E-state index in [1.807, 2.05) is 0 Å². The molecular weight excluding hydrogens is 308 g/mol. The molecule has 22 heavy (non-hydrogen) atoms. The van der Waals surface area contributed by atoms with Crippen LogP contribution in [0.5, 0.6) is 0 Å². The van der Waals surface area contributed by atoms with Crippen LogP contribution in [0.25, 0.3) is 0 Å². The summed E-state index contributed by atoms with van der Waals surface area (Å²) in [5, 5.41) is 11.8. The summed E-state index contributed by atoms with van der Waals surface area (Å²) >= 11 is 0. The third-order valence-corrected chi connectivity index (χ3v) is 5.76. The number of carboxylic acids is 1. The number of nitrogens with zero attached hydrogens (tertiary/aromatic N) is 1. The van der Waals surface area contributed by atoms with E-state index < -0.39 is 39.3 Å². The predicted molar refractivity (Wildman–Crippen MR) is 82.8 cm³/mol. The molecule has 7 nitrogen and oxygen atoms in total. The number of amides is 1. The van der Waals surface area contributed by atoms with E-state index in [0.717, 1.165) is 0 Å². The van der Waals surface area contributed by atoms with Gasteiger partial charge in [0.1, 0.15) is 6.04 Å². The molecule has 8 heteroatoms. The number of rotatable bonds is 5. The van der Waals surface area contributed by atoms with Crippen LogP contribution in [-0.4, -0.2) is 54.6 Å². The zero-order chi connectivity index (χ0) is 17.1. The number of hydrogen-bond acceptors (Lipinski definition) is 4. The first kappa shape index (κ1) is 18.9. The Balaban J connectivity index is 2.79. The highest BCUT2D eigenvalue weighted by Crippen LogP contribution is 2.23. The summed E-state index contributed by atoms with van der Waals surface area (Å²) in [6.45, 7) is 7.32. The zero-order valence-electron chi connectivity index (χ0n) is 13.6. The van der Waals surface area contributed by atoms with Crippen LogP contribution in [0.2, 0.25) is 0 Å². The second-order valence-corrected chi connectivity index (χ2v) is 9.00. The predicted octanol–water partition coefficient (Wildman–Crippen LogP) is 0.664. The largest absolute Gasteiger partial charge is 0.480 e. The zero-order valence-corrected chi connectivity index (χ0v) is 14.4. The summed E-state index contributed by atoms with van der Waals surface area (Å²) in [6, 6.07) is -1.00. The molecule has 0 aromatic carbocycles. The van der Waals surface area contributed by atoms with Gasteiger partial charge >= 0.3 is 5.97 Å². The summed E-state index contributed by atoms with van der Waals surface area (Å²) in [7, 11) is -3.32. The van der Waals surface area contributed by atoms with Crippen molar-refractivity contribution >= 4 is 21.9 Å². The third kappa shape index (κ3) is 4.67. The fourth-order valence-corrected chi connectivity index (χ4v) is 3.68. The van der Waals surface area contributed by atoms with E-state index >= 15 is 0 Å². The van der Waals surface area contributed by atoms with Crippen LogP contribution in [0.4, 0.5) is 0 Å². The minimum Gasteiger partial charge on any atom is -0.480 e. The average molecular weight is 334 g/mol. The van der Waals surface area contributed by atoms with Gasteiger partial charge in [-0.15, -0.1) is 0 Å². The highest BCUT2D eigenvalue weighted by molar-refractivity contribution is 7.89. The second kappa shape index (κ2) is 6.95. The van der Waals surface area contributed by atoms with E-state index in [9.17, 15) is 23.1 Å². The molecule has 0 spiro atoms. The van der Waals surface area contributed by atoms with Crippen LogP contribution in [0, 0.1) is 11.3 Å². The molecule has 1 amide bonds. The third-order valence-electron chi connectivity index (χ3n) is 3.91. The SMILES string of the molecule is CCS(=O)(=O)N1CCC[C@@H](C(=O)N[C@@H](C(=O)O)C(C)(C)C)C1. The van der Waals surface area contributed by atoms with Gasteiger partial charge in [0.15, 0.2) is 0 Å². The number of sulfonamides is 1. The normalized spacial score (nSPS) is 22.1. The van der Waals surface area contributed by atoms with Gasteiger partial charge in [-0.2, -0.15) is 0 Å². The number of nitrogens with one attached hydrogen (secondary N) is 1. The molecule has 1 aliphatic heterocycles. The average Bonchev–Trinajstić information content (AvgIpc) is 2.43. The monoisotopic (exact) mass is 334 g/mol. The first-order chi connectivity index (χ1) is 9.99. The number of carbonyl (C=O) groups is 2. The maximum atomic E-state index is 12.3. The van der Waals surface area contributed by atoms with E-state index in [0.29, 0.717) is 19.4 Å². The number of piperidine rings is 1. The highest BCUT2D eigenvalue weighted by Gasteiger charge is 2.36. The molecule has 1 rings (SSSR count). The Hall–Kier alpha value is -1.15. The first-order valence-corrected chi connectivity index (χ1v) is 9.11. The molecule has 0 aliphatic carbocycles. The van der Waals surface area contributed by atoms with Gasteiger partial charge in [0.05, 0.1) is 11.7 Å². The summed E-state index contributed by atoms with van der Waals surface area (Å²) in [6.07, 6.45) is 1.17. The lowest BCUT2D eigenvalue weighted by Gasteiger charge is -2.33. The minimum atomic E-state index is -3.32. The van der Waals surface area contributed by atoms with Gasteiger partial charge in [-0.25, -0.2) is 17.5 Å². The van der Waals surface area contributed by atoms with Crippen LogP contribution in [0.15, 0.2) is 0 Å². The lowest BCUT2D eigenvalue weighted by Crippen LogP contribution is -2.53. The first-order valence-electron chi connectivity index (χ1n) is 7.50. The molecule has 0 aromatic heterocycles. The molecule has 0 saturated carbocycles. The Kier molecular flexibility index (Phi) is 5.97. The van der Waals surface area contributed by atoms with E-state index in [-0.39, 0.29) is 12.3 Å². The summed E-state index contributed by atoms with van der Waals surface area (Å²) in [5.74, 6) is -1.98. The van der Waals surface area contributed by atoms with Crippen molar-refractivity contribution in [3.8, 4) is 0 Å². The van der Waals surface area contributed by atoms with Gasteiger partial charge < -0.3 is 10.4 Å². The van der Waals surface area contributed by atoms with Gasteiger partial charge in [-0.3, -0.25) is 4.79 Å². The van der Waals surface area contributed by atoms with Crippen molar-refractivity contribution in [1.29, 1.82) is 0 Å². The van der Waals surface area contributed by atoms with E-state index in [1.54, 1.807) is 27.7 Å². The minimum absolute atomic E-state index is 0.00107. The Labute approximate surface area is 132 Å². The number of hydrogen-bond donors (Lipinski definition) is 2. The van der Waals surface area contributed by atoms with Crippen LogP contribution in [0.1, 0.15) is 40.5 Å². The Bertz CT molecular complexity index is 524. The quantitative estimate of drug-likeness (QED) is 0.769. The molecule has 2 N–H and O–H groups in total. The lowest BCUT2D eigenvalue weighted by atomic mass is 9.86. The van der Waals surface area contributed by atoms with Gasteiger partial charge in [-0.05, 0) is 25.2 Å². The fraction of sp³-hybridized carbons (Fsp3) is 0.857. The molecule has 0 unspecified atom stereocenters. The molecule has 0 bridgehead atoms. The Morgan fingerprint density at radius 3 is 2.41 bits per heavy atom. The van der Waals surface area contributed by atoms with Crippen molar-refractivity contribution < 1.29 is 23.1 Å². The molecule has 1 saturated heterocycles. The molecule has 128 valence electrons. The van der Waals surface area contributed by atoms with Crippen molar-refractivity contribution in [2.24, 2.45) is 11.3 Å². The van der Waals surface area contributed by atoms with Crippen LogP contribution >= 0.6 is 0 Å². The molecule has 1 heterocycles. The Morgan fingerprint density at radius 1 is 1.36 bits per heavy atom. The molecule has 0 radical (unpaired) electrons. The smallest absolute Gasteiger partial charge is 0.326 e. The van der Waals surface area contributed by atoms with Gasteiger partial charge in [0, 0.05) is 13.1 Å².